The van der Waals surface area contributed by atoms with Crippen LogP contribution in [-0.2, 0) is 22.4 Å². The zero-order chi connectivity index (χ0) is 25.8. The second kappa shape index (κ2) is 13.3. The van der Waals surface area contributed by atoms with Crippen LogP contribution in [0.5, 0.6) is 0 Å². The molecule has 0 aromatic heterocycles. The van der Waals surface area contributed by atoms with Crippen LogP contribution in [0.1, 0.15) is 122 Å². The Bertz CT molecular complexity index is 800. The molecule has 2 aromatic carbocycles. The molecule has 1 aliphatic heterocycles. The van der Waals surface area contributed by atoms with Crippen LogP contribution in [0.25, 0.3) is 0 Å². The molecule has 0 spiro atoms. The molecule has 0 N–H and O–H groups in total. The maximum Gasteiger partial charge on any atom is 1.00 e. The first-order chi connectivity index (χ1) is 15.7. The Kier molecular flexibility index (Phi) is 12.1. The maximum absolute atomic E-state index is 10.1. The van der Waals surface area contributed by atoms with Gasteiger partial charge < -0.3 is 14.9 Å². The van der Waals surface area contributed by atoms with Crippen LogP contribution in [0.4, 0.5) is 11.4 Å². The molecule has 3 rings (SSSR count). The fraction of sp³-hybridized carbons (Fsp3) is 0.613. The van der Waals surface area contributed by atoms with Crippen LogP contribution in [0.2, 0.25) is 0 Å². The average Bonchev–Trinajstić information content (AvgIpc) is 3.20. The Morgan fingerprint density at radius 1 is 0.600 bits per heavy atom. The van der Waals surface area contributed by atoms with E-state index in [0.29, 0.717) is 23.7 Å². The van der Waals surface area contributed by atoms with E-state index < -0.39 is 5.60 Å². The van der Waals surface area contributed by atoms with Gasteiger partial charge in [0, 0.05) is 24.5 Å². The van der Waals surface area contributed by atoms with Crippen molar-refractivity contribution >= 4 is 11.4 Å². The van der Waals surface area contributed by atoms with Crippen molar-refractivity contribution in [3.63, 3.8) is 0 Å². The molecule has 200 valence electrons. The third-order valence-corrected chi connectivity index (χ3v) is 6.30. The van der Waals surface area contributed by atoms with Crippen LogP contribution in [0.3, 0.4) is 0 Å². The molecule has 0 atom stereocenters. The standard InChI is InChI=1S/C27H40N2.C4H9O.Au/c1-18(2)22-11-9-12-23(19(3)4)26(22)28-15-16-29(17-28)27-24(20(5)6)13-10-14-25(27)21(7)8;1-4(2,3)5;/h9-14,18-21H,15-17H2,1-8H3;1-3H3;/q;-1;+1. The summed E-state index contributed by atoms with van der Waals surface area (Å²) in [6.07, 6.45) is 0. The molecule has 35 heavy (non-hydrogen) atoms. The Morgan fingerprint density at radius 3 is 1.03 bits per heavy atom. The summed E-state index contributed by atoms with van der Waals surface area (Å²) in [5, 5.41) is 10.1. The predicted molar refractivity (Wildman–Crippen MR) is 149 cm³/mol. The van der Waals surface area contributed by atoms with Gasteiger partial charge in [0.15, 0.2) is 0 Å². The van der Waals surface area contributed by atoms with Gasteiger partial charge in [-0.1, -0.05) is 113 Å². The van der Waals surface area contributed by atoms with Gasteiger partial charge in [-0.15, -0.1) is 5.60 Å². The zero-order valence-electron chi connectivity index (χ0n) is 24.0. The van der Waals surface area contributed by atoms with Crippen LogP contribution >= 0.6 is 0 Å². The molecule has 2 aromatic rings. The van der Waals surface area contributed by atoms with E-state index in [2.05, 4.69) is 102 Å². The van der Waals surface area contributed by atoms with Gasteiger partial charge in [0.2, 0.25) is 0 Å². The first kappa shape index (κ1) is 31.8. The largest absolute Gasteiger partial charge is 1.00 e. The van der Waals surface area contributed by atoms with E-state index in [9.17, 15) is 5.11 Å². The van der Waals surface area contributed by atoms with Crippen molar-refractivity contribution in [1.29, 1.82) is 0 Å². The van der Waals surface area contributed by atoms with Gasteiger partial charge in [-0.05, 0) is 45.9 Å². The Balaban J connectivity index is 0.000000927. The van der Waals surface area contributed by atoms with Gasteiger partial charge in [0.1, 0.15) is 0 Å². The second-order valence-corrected chi connectivity index (χ2v) is 12.0. The number of anilines is 2. The van der Waals surface area contributed by atoms with E-state index in [-0.39, 0.29) is 22.4 Å². The summed E-state index contributed by atoms with van der Waals surface area (Å²) in [7, 11) is 0. The molecule has 0 aliphatic carbocycles. The van der Waals surface area contributed by atoms with Gasteiger partial charge in [-0.3, -0.25) is 0 Å². The molecule has 4 heteroatoms. The number of hydrogen-bond acceptors (Lipinski definition) is 3. The molecule has 0 saturated carbocycles. The third-order valence-electron chi connectivity index (χ3n) is 6.30. The average molecular weight is 663 g/mol. The maximum atomic E-state index is 10.1. The third kappa shape index (κ3) is 8.67. The van der Waals surface area contributed by atoms with Crippen molar-refractivity contribution in [1.82, 2.24) is 0 Å². The van der Waals surface area contributed by atoms with Crippen LogP contribution < -0.4 is 14.9 Å². The van der Waals surface area contributed by atoms with Crippen LogP contribution in [0, 0.1) is 0 Å². The van der Waals surface area contributed by atoms with Crippen LogP contribution in [-0.4, -0.2) is 25.4 Å². The van der Waals surface area contributed by atoms with Crippen molar-refractivity contribution < 1.29 is 27.5 Å². The van der Waals surface area contributed by atoms with Crippen molar-refractivity contribution in [2.45, 2.75) is 105 Å². The number of benzene rings is 2. The van der Waals surface area contributed by atoms with Crippen molar-refractivity contribution in [3.8, 4) is 0 Å². The molecule has 0 bridgehead atoms. The topological polar surface area (TPSA) is 29.5 Å². The van der Waals surface area contributed by atoms with Crippen LogP contribution in [0.15, 0.2) is 36.4 Å². The summed E-state index contributed by atoms with van der Waals surface area (Å²) >= 11 is 0. The summed E-state index contributed by atoms with van der Waals surface area (Å²) in [4.78, 5) is 5.26. The van der Waals surface area contributed by atoms with Gasteiger partial charge >= 0.3 is 22.4 Å². The van der Waals surface area contributed by atoms with E-state index in [1.165, 1.54) is 33.6 Å². The number of hydrogen-bond donors (Lipinski definition) is 0. The molecule has 0 amide bonds. The van der Waals surface area contributed by atoms with Crippen molar-refractivity contribution in [2.24, 2.45) is 0 Å². The minimum atomic E-state index is -0.750. The molecule has 0 unspecified atom stereocenters. The molecule has 1 fully saturated rings. The summed E-state index contributed by atoms with van der Waals surface area (Å²) in [5.41, 5.74) is 8.15. The van der Waals surface area contributed by atoms with Crippen molar-refractivity contribution in [3.05, 3.63) is 58.7 Å². The minimum absolute atomic E-state index is 0. The Hall–Kier alpha value is -1.26. The van der Waals surface area contributed by atoms with Gasteiger partial charge in [-0.25, -0.2) is 0 Å². The van der Waals surface area contributed by atoms with E-state index in [1.54, 1.807) is 20.8 Å². The summed E-state index contributed by atoms with van der Waals surface area (Å²) < 4.78 is 0. The summed E-state index contributed by atoms with van der Waals surface area (Å²) in [5.74, 6) is 2.14. The van der Waals surface area contributed by atoms with E-state index in [4.69, 9.17) is 0 Å². The first-order valence-electron chi connectivity index (χ1n) is 13.2. The Labute approximate surface area is 231 Å². The number of para-hydroxylation sites is 2. The summed E-state index contributed by atoms with van der Waals surface area (Å²) in [6, 6.07) is 13.8. The molecule has 0 radical (unpaired) electrons. The second-order valence-electron chi connectivity index (χ2n) is 12.0. The molecule has 3 nitrogen and oxygen atoms in total. The smallest absolute Gasteiger partial charge is 0.850 e. The number of nitrogens with zero attached hydrogens (tertiary/aromatic N) is 2. The quantitative estimate of drug-likeness (QED) is 0.299. The van der Waals surface area contributed by atoms with Gasteiger partial charge in [-0.2, -0.15) is 0 Å². The zero-order valence-corrected chi connectivity index (χ0v) is 26.2. The monoisotopic (exact) mass is 662 g/mol. The normalized spacial score (nSPS) is 14.1. The van der Waals surface area contributed by atoms with E-state index >= 15 is 0 Å². The SMILES string of the molecule is CC(C)(C)[O-].CC(C)c1cccc(C(C)C)c1N1CCN(c2c(C(C)C)cccc2C(C)C)C1.[Au+]. The van der Waals surface area contributed by atoms with Crippen molar-refractivity contribution in [2.75, 3.05) is 29.6 Å². The van der Waals surface area contributed by atoms with E-state index in [0.717, 1.165) is 19.8 Å². The minimum Gasteiger partial charge on any atom is -0.850 e. The van der Waals surface area contributed by atoms with Gasteiger partial charge in [0.25, 0.3) is 0 Å². The molecule has 1 saturated heterocycles. The first-order valence-corrected chi connectivity index (χ1v) is 13.2. The summed E-state index contributed by atoms with van der Waals surface area (Å²) in [6.45, 7) is 26.6. The molecule has 1 heterocycles. The predicted octanol–water partition coefficient (Wildman–Crippen LogP) is 7.61. The molecular weight excluding hydrogens is 613 g/mol. The Morgan fingerprint density at radius 2 is 0.829 bits per heavy atom. The van der Waals surface area contributed by atoms with Gasteiger partial charge in [0.05, 0.1) is 6.67 Å². The molecule has 1 aliphatic rings. The fourth-order valence-corrected chi connectivity index (χ4v) is 4.71. The fourth-order valence-electron chi connectivity index (χ4n) is 4.71. The number of rotatable bonds is 6. The van der Waals surface area contributed by atoms with E-state index in [1.807, 2.05) is 0 Å². The molecular formula is C31H49AuN2O.